The first-order valence-electron chi connectivity index (χ1n) is 8.10. The van der Waals surface area contributed by atoms with Crippen LogP contribution in [-0.2, 0) is 4.79 Å². The number of nitrogens with one attached hydrogen (secondary N) is 1. The lowest BCUT2D eigenvalue weighted by molar-refractivity contribution is -0.125. The lowest BCUT2D eigenvalue weighted by Gasteiger charge is -2.26. The fourth-order valence-corrected chi connectivity index (χ4v) is 2.87. The summed E-state index contributed by atoms with van der Waals surface area (Å²) in [6.45, 7) is 6.85. The summed E-state index contributed by atoms with van der Waals surface area (Å²) < 4.78 is 1.95. The zero-order chi connectivity index (χ0) is 15.1. The molecular weight excluding hydrogens is 266 g/mol. The van der Waals surface area contributed by atoms with E-state index < -0.39 is 0 Å². The number of nitrogens with zero attached hydrogens (tertiary/aromatic N) is 4. The number of rotatable bonds is 6. The summed E-state index contributed by atoms with van der Waals surface area (Å²) in [5, 5.41) is 11.0. The average molecular weight is 293 g/mol. The molecule has 2 rings (SSSR count). The Balaban J connectivity index is 1.83. The molecule has 0 aliphatic carbocycles. The first kappa shape index (κ1) is 15.9. The van der Waals surface area contributed by atoms with Crippen molar-refractivity contribution in [1.29, 1.82) is 0 Å². The highest BCUT2D eigenvalue weighted by Gasteiger charge is 2.25. The van der Waals surface area contributed by atoms with Crippen molar-refractivity contribution in [3.05, 3.63) is 12.4 Å². The van der Waals surface area contributed by atoms with E-state index in [2.05, 4.69) is 27.5 Å². The number of hydrogen-bond acceptors (Lipinski definition) is 4. The summed E-state index contributed by atoms with van der Waals surface area (Å²) in [7, 11) is 0. The van der Waals surface area contributed by atoms with Crippen LogP contribution in [0.3, 0.4) is 0 Å². The Morgan fingerprint density at radius 2 is 2.29 bits per heavy atom. The third kappa shape index (κ3) is 4.52. The van der Waals surface area contributed by atoms with Crippen LogP contribution in [0.5, 0.6) is 0 Å². The SMILES string of the molecule is CCCCNC(=O)C(C)N1CCCC(n2ccnn2)CC1. The van der Waals surface area contributed by atoms with Crippen molar-refractivity contribution in [2.75, 3.05) is 19.6 Å². The van der Waals surface area contributed by atoms with E-state index in [0.717, 1.165) is 51.7 Å². The van der Waals surface area contributed by atoms with Crippen LogP contribution in [0.25, 0.3) is 0 Å². The molecular formula is C15H27N5O. The monoisotopic (exact) mass is 293 g/mol. The van der Waals surface area contributed by atoms with Crippen LogP contribution in [0, 0.1) is 0 Å². The normalized spacial score (nSPS) is 21.7. The Morgan fingerprint density at radius 3 is 3.00 bits per heavy atom. The van der Waals surface area contributed by atoms with Crippen molar-refractivity contribution in [2.24, 2.45) is 0 Å². The molecule has 1 aromatic rings. The van der Waals surface area contributed by atoms with Crippen molar-refractivity contribution < 1.29 is 4.79 Å². The smallest absolute Gasteiger partial charge is 0.237 e. The van der Waals surface area contributed by atoms with Gasteiger partial charge in [-0.3, -0.25) is 9.69 Å². The standard InChI is InChI=1S/C15H27N5O/c1-3-4-8-16-15(21)13(2)19-10-5-6-14(7-11-19)20-12-9-17-18-20/h9,12-14H,3-8,10-11H2,1-2H3,(H,16,21). The van der Waals surface area contributed by atoms with Crippen molar-refractivity contribution in [2.45, 2.75) is 58.0 Å². The van der Waals surface area contributed by atoms with Gasteiger partial charge in [0.15, 0.2) is 0 Å². The Bertz CT molecular complexity index is 420. The number of unbranched alkanes of at least 4 members (excludes halogenated alkanes) is 1. The van der Waals surface area contributed by atoms with Gasteiger partial charge in [-0.05, 0) is 39.2 Å². The molecule has 21 heavy (non-hydrogen) atoms. The van der Waals surface area contributed by atoms with E-state index in [1.807, 2.05) is 17.8 Å². The number of carbonyl (C=O) groups is 1. The summed E-state index contributed by atoms with van der Waals surface area (Å²) >= 11 is 0. The molecule has 2 atom stereocenters. The summed E-state index contributed by atoms with van der Waals surface area (Å²) in [6, 6.07) is 0.365. The average Bonchev–Trinajstić information content (AvgIpc) is 2.91. The molecule has 118 valence electrons. The molecule has 1 aliphatic rings. The van der Waals surface area contributed by atoms with Gasteiger partial charge in [0, 0.05) is 19.3 Å². The second kappa shape index (κ2) is 8.12. The van der Waals surface area contributed by atoms with Crippen LogP contribution in [-0.4, -0.2) is 51.5 Å². The van der Waals surface area contributed by atoms with Gasteiger partial charge in [-0.25, -0.2) is 4.68 Å². The molecule has 0 bridgehead atoms. The molecule has 1 amide bonds. The molecule has 1 aromatic heterocycles. The zero-order valence-corrected chi connectivity index (χ0v) is 13.2. The number of hydrogen-bond donors (Lipinski definition) is 1. The number of aromatic nitrogens is 3. The molecule has 1 fully saturated rings. The van der Waals surface area contributed by atoms with Crippen LogP contribution >= 0.6 is 0 Å². The van der Waals surface area contributed by atoms with E-state index in [-0.39, 0.29) is 11.9 Å². The fraction of sp³-hybridized carbons (Fsp3) is 0.800. The molecule has 1 saturated heterocycles. The molecule has 0 saturated carbocycles. The van der Waals surface area contributed by atoms with Gasteiger partial charge in [0.2, 0.25) is 5.91 Å². The van der Waals surface area contributed by atoms with Gasteiger partial charge in [0.05, 0.1) is 18.3 Å². The molecule has 2 heterocycles. The van der Waals surface area contributed by atoms with Crippen molar-refractivity contribution >= 4 is 5.91 Å². The molecule has 1 aliphatic heterocycles. The highest BCUT2D eigenvalue weighted by atomic mass is 16.2. The summed E-state index contributed by atoms with van der Waals surface area (Å²) in [5.74, 6) is 0.155. The minimum atomic E-state index is -0.0450. The topological polar surface area (TPSA) is 63.1 Å². The minimum absolute atomic E-state index is 0.0450. The van der Waals surface area contributed by atoms with E-state index in [4.69, 9.17) is 0 Å². The third-order valence-corrected chi connectivity index (χ3v) is 4.30. The lowest BCUT2D eigenvalue weighted by Crippen LogP contribution is -2.45. The van der Waals surface area contributed by atoms with Crippen LogP contribution < -0.4 is 5.32 Å². The lowest BCUT2D eigenvalue weighted by atomic mass is 10.1. The maximum Gasteiger partial charge on any atom is 0.237 e. The quantitative estimate of drug-likeness (QED) is 0.809. The van der Waals surface area contributed by atoms with Gasteiger partial charge in [-0.1, -0.05) is 18.6 Å². The van der Waals surface area contributed by atoms with Crippen LogP contribution in [0.4, 0.5) is 0 Å². The van der Waals surface area contributed by atoms with Gasteiger partial charge in [0.1, 0.15) is 0 Å². The van der Waals surface area contributed by atoms with E-state index >= 15 is 0 Å². The van der Waals surface area contributed by atoms with E-state index in [1.165, 1.54) is 0 Å². The highest BCUT2D eigenvalue weighted by Crippen LogP contribution is 2.22. The van der Waals surface area contributed by atoms with Crippen LogP contribution in [0.2, 0.25) is 0 Å². The van der Waals surface area contributed by atoms with E-state index in [1.54, 1.807) is 6.20 Å². The zero-order valence-electron chi connectivity index (χ0n) is 13.2. The maximum absolute atomic E-state index is 12.2. The van der Waals surface area contributed by atoms with Gasteiger partial charge >= 0.3 is 0 Å². The first-order chi connectivity index (χ1) is 10.2. The molecule has 0 radical (unpaired) electrons. The Hall–Kier alpha value is -1.43. The second-order valence-corrected chi connectivity index (χ2v) is 5.82. The van der Waals surface area contributed by atoms with Gasteiger partial charge in [-0.2, -0.15) is 0 Å². The summed E-state index contributed by atoms with van der Waals surface area (Å²) in [6.07, 6.45) is 9.04. The molecule has 1 N–H and O–H groups in total. The summed E-state index contributed by atoms with van der Waals surface area (Å²) in [5.41, 5.74) is 0. The Morgan fingerprint density at radius 1 is 1.43 bits per heavy atom. The van der Waals surface area contributed by atoms with Crippen molar-refractivity contribution in [3.8, 4) is 0 Å². The predicted molar refractivity (Wildman–Crippen MR) is 81.9 cm³/mol. The van der Waals surface area contributed by atoms with Crippen LogP contribution in [0.15, 0.2) is 12.4 Å². The largest absolute Gasteiger partial charge is 0.355 e. The number of likely N-dealkylation sites (tertiary alicyclic amines) is 1. The predicted octanol–water partition coefficient (Wildman–Crippen LogP) is 1.61. The van der Waals surface area contributed by atoms with Crippen LogP contribution in [0.1, 0.15) is 52.0 Å². The van der Waals surface area contributed by atoms with Gasteiger partial charge < -0.3 is 5.32 Å². The molecule has 2 unspecified atom stereocenters. The Kier molecular flexibility index (Phi) is 6.17. The molecule has 6 nitrogen and oxygen atoms in total. The van der Waals surface area contributed by atoms with Crippen molar-refractivity contribution in [1.82, 2.24) is 25.2 Å². The van der Waals surface area contributed by atoms with E-state index in [0.29, 0.717) is 6.04 Å². The van der Waals surface area contributed by atoms with Gasteiger partial charge in [-0.15, -0.1) is 5.10 Å². The minimum Gasteiger partial charge on any atom is -0.355 e. The Labute approximate surface area is 126 Å². The summed E-state index contributed by atoms with van der Waals surface area (Å²) in [4.78, 5) is 14.4. The molecule has 0 aromatic carbocycles. The number of amides is 1. The highest BCUT2D eigenvalue weighted by molar-refractivity contribution is 5.81. The van der Waals surface area contributed by atoms with Crippen molar-refractivity contribution in [3.63, 3.8) is 0 Å². The molecule has 6 heteroatoms. The molecule has 0 spiro atoms. The fourth-order valence-electron chi connectivity index (χ4n) is 2.87. The van der Waals surface area contributed by atoms with E-state index in [9.17, 15) is 4.79 Å². The third-order valence-electron chi connectivity index (χ3n) is 4.30. The second-order valence-electron chi connectivity index (χ2n) is 5.82. The maximum atomic E-state index is 12.2. The van der Waals surface area contributed by atoms with Gasteiger partial charge in [0.25, 0.3) is 0 Å². The number of carbonyl (C=O) groups excluding carboxylic acids is 1. The first-order valence-corrected chi connectivity index (χ1v) is 8.10.